The van der Waals surface area contributed by atoms with E-state index in [1.807, 2.05) is 29.7 Å². The molecule has 0 aliphatic heterocycles. The summed E-state index contributed by atoms with van der Waals surface area (Å²) in [5, 5.41) is 4.47. The van der Waals surface area contributed by atoms with Crippen molar-refractivity contribution < 1.29 is 9.21 Å². The predicted molar refractivity (Wildman–Crippen MR) is 98.0 cm³/mol. The molecule has 1 aliphatic rings. The van der Waals surface area contributed by atoms with Crippen molar-refractivity contribution in [3.63, 3.8) is 0 Å². The molecule has 0 atom stereocenters. The molecule has 0 radical (unpaired) electrons. The first-order valence-electron chi connectivity index (χ1n) is 9.05. The molecule has 1 saturated carbocycles. The first-order chi connectivity index (χ1) is 12.2. The molecule has 1 aliphatic carbocycles. The van der Waals surface area contributed by atoms with E-state index in [9.17, 15) is 9.59 Å². The summed E-state index contributed by atoms with van der Waals surface area (Å²) < 4.78 is 7.34. The maximum atomic E-state index is 12.8. The summed E-state index contributed by atoms with van der Waals surface area (Å²) in [7, 11) is 0. The van der Waals surface area contributed by atoms with Crippen molar-refractivity contribution in [1.29, 1.82) is 0 Å². The van der Waals surface area contributed by atoms with Crippen molar-refractivity contribution in [3.8, 4) is 0 Å². The second-order valence-corrected chi connectivity index (χ2v) is 6.73. The van der Waals surface area contributed by atoms with E-state index in [4.69, 9.17) is 4.42 Å². The monoisotopic (exact) mass is 338 g/mol. The number of para-hydroxylation sites is 1. The third-order valence-corrected chi connectivity index (χ3v) is 5.15. The van der Waals surface area contributed by atoms with Crippen molar-refractivity contribution in [2.75, 3.05) is 0 Å². The Hall–Kier alpha value is -2.56. The number of rotatable bonds is 3. The number of fused-ring (bicyclic) bond motifs is 3. The Kier molecular flexibility index (Phi) is 4.07. The van der Waals surface area contributed by atoms with E-state index in [2.05, 4.69) is 5.32 Å². The van der Waals surface area contributed by atoms with Crippen molar-refractivity contribution in [3.05, 3.63) is 46.4 Å². The zero-order chi connectivity index (χ0) is 17.4. The van der Waals surface area contributed by atoms with E-state index in [1.165, 1.54) is 6.42 Å². The van der Waals surface area contributed by atoms with Gasteiger partial charge in [-0.15, -0.1) is 0 Å². The molecular formula is C20H22N2O3. The largest absolute Gasteiger partial charge is 0.422 e. The third kappa shape index (κ3) is 2.73. The number of hydrogen-bond acceptors (Lipinski definition) is 3. The fourth-order valence-corrected chi connectivity index (χ4v) is 3.92. The van der Waals surface area contributed by atoms with Crippen LogP contribution in [0, 0.1) is 0 Å². The molecule has 4 rings (SSSR count). The Morgan fingerprint density at radius 3 is 2.72 bits per heavy atom. The van der Waals surface area contributed by atoms with Gasteiger partial charge >= 0.3 is 5.63 Å². The maximum absolute atomic E-state index is 12.8. The van der Waals surface area contributed by atoms with Gasteiger partial charge < -0.3 is 14.3 Å². The Balaban J connectivity index is 1.84. The number of carbonyl (C=O) groups is 1. The van der Waals surface area contributed by atoms with Crippen LogP contribution >= 0.6 is 0 Å². The highest BCUT2D eigenvalue weighted by Gasteiger charge is 2.22. The average Bonchev–Trinajstić information content (AvgIpc) is 3.03. The molecule has 25 heavy (non-hydrogen) atoms. The van der Waals surface area contributed by atoms with Gasteiger partial charge in [-0.1, -0.05) is 31.4 Å². The van der Waals surface area contributed by atoms with Crippen LogP contribution < -0.4 is 10.9 Å². The highest BCUT2D eigenvalue weighted by molar-refractivity contribution is 6.07. The topological polar surface area (TPSA) is 64.2 Å². The van der Waals surface area contributed by atoms with E-state index in [-0.39, 0.29) is 11.9 Å². The molecule has 0 saturated heterocycles. The smallest absolute Gasteiger partial charge is 0.345 e. The second kappa shape index (κ2) is 6.39. The Morgan fingerprint density at radius 2 is 1.96 bits per heavy atom. The van der Waals surface area contributed by atoms with Crippen LogP contribution in [0.5, 0.6) is 0 Å². The average molecular weight is 338 g/mol. The lowest BCUT2D eigenvalue weighted by molar-refractivity contribution is 0.0919. The normalized spacial score (nSPS) is 15.7. The van der Waals surface area contributed by atoms with Gasteiger partial charge in [-0.2, -0.15) is 0 Å². The van der Waals surface area contributed by atoms with Gasteiger partial charge in [-0.25, -0.2) is 4.79 Å². The molecule has 0 unspecified atom stereocenters. The first-order valence-corrected chi connectivity index (χ1v) is 9.05. The summed E-state index contributed by atoms with van der Waals surface area (Å²) >= 11 is 0. The fourth-order valence-electron chi connectivity index (χ4n) is 3.92. The standard InChI is InChI=1S/C20H22N2O3/c1-2-22-16(19(23)21-13-8-4-3-5-9-13)12-15-18(22)14-10-6-7-11-17(14)25-20(15)24/h6-7,10-13H,2-5,8-9H2,1H3,(H,21,23). The second-order valence-electron chi connectivity index (χ2n) is 6.73. The molecule has 2 aromatic heterocycles. The van der Waals surface area contributed by atoms with Crippen LogP contribution in [-0.2, 0) is 6.54 Å². The van der Waals surface area contributed by atoms with Crippen LogP contribution in [0.25, 0.3) is 21.9 Å². The third-order valence-electron chi connectivity index (χ3n) is 5.15. The number of aromatic nitrogens is 1. The van der Waals surface area contributed by atoms with E-state index in [0.29, 0.717) is 23.2 Å². The number of amides is 1. The molecule has 5 heteroatoms. The van der Waals surface area contributed by atoms with Crippen LogP contribution in [0.4, 0.5) is 0 Å². The van der Waals surface area contributed by atoms with Gasteiger partial charge in [0.25, 0.3) is 5.91 Å². The fraction of sp³-hybridized carbons (Fsp3) is 0.400. The molecule has 1 N–H and O–H groups in total. The lowest BCUT2D eigenvalue weighted by atomic mass is 9.95. The Labute approximate surface area is 145 Å². The molecule has 0 bridgehead atoms. The van der Waals surface area contributed by atoms with Gasteiger partial charge in [-0.3, -0.25) is 4.79 Å². The Morgan fingerprint density at radius 1 is 1.20 bits per heavy atom. The number of hydrogen-bond donors (Lipinski definition) is 1. The van der Waals surface area contributed by atoms with E-state index in [0.717, 1.165) is 36.6 Å². The lowest BCUT2D eigenvalue weighted by Crippen LogP contribution is -2.37. The van der Waals surface area contributed by atoms with Gasteiger partial charge in [0.05, 0.1) is 10.9 Å². The quantitative estimate of drug-likeness (QED) is 0.738. The highest BCUT2D eigenvalue weighted by atomic mass is 16.4. The minimum atomic E-state index is -0.396. The van der Waals surface area contributed by atoms with E-state index >= 15 is 0 Å². The van der Waals surface area contributed by atoms with Crippen LogP contribution in [0.1, 0.15) is 49.5 Å². The van der Waals surface area contributed by atoms with Crippen LogP contribution in [0.15, 0.2) is 39.5 Å². The summed E-state index contributed by atoms with van der Waals surface area (Å²) in [6, 6.07) is 9.37. The van der Waals surface area contributed by atoms with Crippen molar-refractivity contribution in [2.45, 2.75) is 51.6 Å². The number of aryl methyl sites for hydroxylation is 1. The summed E-state index contributed by atoms with van der Waals surface area (Å²) in [4.78, 5) is 25.2. The summed E-state index contributed by atoms with van der Waals surface area (Å²) in [5.41, 5.74) is 1.47. The molecule has 0 spiro atoms. The highest BCUT2D eigenvalue weighted by Crippen LogP contribution is 2.26. The lowest BCUT2D eigenvalue weighted by Gasteiger charge is -2.23. The van der Waals surface area contributed by atoms with Crippen molar-refractivity contribution in [1.82, 2.24) is 9.88 Å². The maximum Gasteiger partial charge on any atom is 0.345 e. The first kappa shape index (κ1) is 15.9. The molecular weight excluding hydrogens is 316 g/mol. The molecule has 5 nitrogen and oxygen atoms in total. The van der Waals surface area contributed by atoms with Gasteiger partial charge in [0.2, 0.25) is 0 Å². The number of carbonyl (C=O) groups excluding carboxylic acids is 1. The predicted octanol–water partition coefficient (Wildman–Crippen LogP) is 3.83. The molecule has 130 valence electrons. The van der Waals surface area contributed by atoms with Gasteiger partial charge in [0.1, 0.15) is 11.3 Å². The zero-order valence-corrected chi connectivity index (χ0v) is 14.4. The van der Waals surface area contributed by atoms with Gasteiger partial charge in [-0.05, 0) is 38.0 Å². The van der Waals surface area contributed by atoms with E-state index < -0.39 is 5.63 Å². The molecule has 1 aromatic carbocycles. The number of nitrogens with one attached hydrogen (secondary N) is 1. The van der Waals surface area contributed by atoms with E-state index in [1.54, 1.807) is 12.1 Å². The zero-order valence-electron chi connectivity index (χ0n) is 14.4. The van der Waals surface area contributed by atoms with Crippen molar-refractivity contribution >= 4 is 27.8 Å². The summed E-state index contributed by atoms with van der Waals surface area (Å²) in [6.45, 7) is 2.60. The van der Waals surface area contributed by atoms with Crippen LogP contribution in [-0.4, -0.2) is 16.5 Å². The molecule has 1 fully saturated rings. The minimum Gasteiger partial charge on any atom is -0.422 e. The van der Waals surface area contributed by atoms with Gasteiger partial charge in [0, 0.05) is 18.0 Å². The molecule has 1 amide bonds. The number of benzene rings is 1. The number of nitrogens with zero attached hydrogens (tertiary/aromatic N) is 1. The Bertz CT molecular complexity index is 993. The van der Waals surface area contributed by atoms with Crippen molar-refractivity contribution in [2.24, 2.45) is 0 Å². The van der Waals surface area contributed by atoms with Gasteiger partial charge in [0.15, 0.2) is 0 Å². The summed E-state index contributed by atoms with van der Waals surface area (Å²) in [6.07, 6.45) is 5.63. The van der Waals surface area contributed by atoms with Crippen LogP contribution in [0.3, 0.4) is 0 Å². The summed E-state index contributed by atoms with van der Waals surface area (Å²) in [5.74, 6) is -0.103. The van der Waals surface area contributed by atoms with Crippen LogP contribution in [0.2, 0.25) is 0 Å². The molecule has 2 heterocycles. The molecule has 3 aromatic rings. The SMILES string of the molecule is CCn1c(C(=O)NC2CCCCC2)cc2c(=O)oc3ccccc3c21. The minimum absolute atomic E-state index is 0.103.